The highest BCUT2D eigenvalue weighted by Crippen LogP contribution is 2.27. The lowest BCUT2D eigenvalue weighted by Crippen LogP contribution is -2.19. The van der Waals surface area contributed by atoms with E-state index in [1.165, 1.54) is 12.1 Å². The molecule has 0 N–H and O–H groups in total. The number of carbonyl (C=O) groups excluding carboxylic acids is 2. The molecule has 0 aliphatic heterocycles. The number of rotatable bonds is 5. The van der Waals surface area contributed by atoms with Crippen LogP contribution in [0.25, 0.3) is 0 Å². The van der Waals surface area contributed by atoms with Crippen molar-refractivity contribution in [3.05, 3.63) is 40.4 Å². The van der Waals surface area contributed by atoms with Crippen LogP contribution >= 0.6 is 23.2 Å². The first-order chi connectivity index (χ1) is 9.79. The van der Waals surface area contributed by atoms with E-state index >= 15 is 0 Å². The summed E-state index contributed by atoms with van der Waals surface area (Å²) in [6, 6.07) is 4.49. The van der Waals surface area contributed by atoms with E-state index < -0.39 is 11.9 Å². The van der Waals surface area contributed by atoms with Crippen LogP contribution in [0.1, 0.15) is 20.8 Å². The quantitative estimate of drug-likeness (QED) is 0.464. The molecule has 0 spiro atoms. The number of benzene rings is 1. The SMILES string of the molecule is CC(C)C(C)OC(=O)/C=C/C(=O)Oc1cc(Cl)ccc1Cl. The molecule has 0 saturated heterocycles. The Kier molecular flexibility index (Phi) is 6.72. The molecule has 6 heteroatoms. The maximum absolute atomic E-state index is 11.6. The molecule has 0 fully saturated rings. The number of ether oxygens (including phenoxy) is 2. The molecule has 1 aromatic carbocycles. The molecule has 0 amide bonds. The average molecular weight is 331 g/mol. The molecular formula is C15H16Cl2O4. The van der Waals surface area contributed by atoms with Crippen LogP contribution in [-0.4, -0.2) is 18.0 Å². The summed E-state index contributed by atoms with van der Waals surface area (Å²) < 4.78 is 10.1. The minimum Gasteiger partial charge on any atom is -0.459 e. The topological polar surface area (TPSA) is 52.6 Å². The fraction of sp³-hybridized carbons (Fsp3) is 0.333. The van der Waals surface area contributed by atoms with E-state index in [2.05, 4.69) is 0 Å². The summed E-state index contributed by atoms with van der Waals surface area (Å²) in [4.78, 5) is 23.1. The molecule has 4 nitrogen and oxygen atoms in total. The van der Waals surface area contributed by atoms with Crippen LogP contribution in [0.4, 0.5) is 0 Å². The molecule has 1 atom stereocenters. The molecule has 21 heavy (non-hydrogen) atoms. The highest BCUT2D eigenvalue weighted by atomic mass is 35.5. The van der Waals surface area contributed by atoms with Crippen molar-refractivity contribution in [2.75, 3.05) is 0 Å². The highest BCUT2D eigenvalue weighted by Gasteiger charge is 2.12. The third-order valence-corrected chi connectivity index (χ3v) is 3.25. The fourth-order valence-corrected chi connectivity index (χ4v) is 1.51. The summed E-state index contributed by atoms with van der Waals surface area (Å²) in [7, 11) is 0. The lowest BCUT2D eigenvalue weighted by molar-refractivity contribution is -0.144. The van der Waals surface area contributed by atoms with Gasteiger partial charge < -0.3 is 9.47 Å². The van der Waals surface area contributed by atoms with Crippen molar-refractivity contribution < 1.29 is 19.1 Å². The van der Waals surface area contributed by atoms with Gasteiger partial charge in [-0.05, 0) is 25.0 Å². The van der Waals surface area contributed by atoms with E-state index in [0.717, 1.165) is 12.2 Å². The first-order valence-corrected chi connectivity index (χ1v) is 7.10. The molecule has 0 heterocycles. The molecule has 0 radical (unpaired) electrons. The van der Waals surface area contributed by atoms with Crippen molar-refractivity contribution in [1.29, 1.82) is 0 Å². The standard InChI is InChI=1S/C15H16Cl2O4/c1-9(2)10(3)20-14(18)6-7-15(19)21-13-8-11(16)4-5-12(13)17/h4-10H,1-3H3/b7-6+. The Balaban J connectivity index is 2.59. The van der Waals surface area contributed by atoms with Gasteiger partial charge in [0.2, 0.25) is 0 Å². The second-order valence-corrected chi connectivity index (χ2v) is 5.56. The first kappa shape index (κ1) is 17.5. The van der Waals surface area contributed by atoms with Gasteiger partial charge in [-0.3, -0.25) is 0 Å². The lowest BCUT2D eigenvalue weighted by atomic mass is 10.1. The first-order valence-electron chi connectivity index (χ1n) is 6.35. The van der Waals surface area contributed by atoms with Crippen LogP contribution in [0.2, 0.25) is 10.0 Å². The van der Waals surface area contributed by atoms with Gasteiger partial charge in [0, 0.05) is 23.2 Å². The van der Waals surface area contributed by atoms with Gasteiger partial charge in [-0.1, -0.05) is 37.0 Å². The minimum atomic E-state index is -0.742. The maximum Gasteiger partial charge on any atom is 0.336 e. The molecule has 0 aromatic heterocycles. The highest BCUT2D eigenvalue weighted by molar-refractivity contribution is 6.34. The zero-order valence-electron chi connectivity index (χ0n) is 11.9. The molecule has 1 unspecified atom stereocenters. The van der Waals surface area contributed by atoms with Crippen LogP contribution in [0.15, 0.2) is 30.4 Å². The van der Waals surface area contributed by atoms with Crippen molar-refractivity contribution >= 4 is 35.1 Å². The number of esters is 2. The Hall–Kier alpha value is -1.52. The third-order valence-electron chi connectivity index (χ3n) is 2.70. The number of halogens is 2. The fourth-order valence-electron chi connectivity index (χ4n) is 1.19. The third kappa shape index (κ3) is 6.19. The van der Waals surface area contributed by atoms with Gasteiger partial charge in [0.25, 0.3) is 0 Å². The van der Waals surface area contributed by atoms with Crippen LogP contribution in [-0.2, 0) is 14.3 Å². The van der Waals surface area contributed by atoms with Gasteiger partial charge in [0.15, 0.2) is 5.75 Å². The predicted octanol–water partition coefficient (Wildman–Crippen LogP) is 4.04. The summed E-state index contributed by atoms with van der Waals surface area (Å²) in [6.45, 7) is 5.63. The summed E-state index contributed by atoms with van der Waals surface area (Å²) in [5, 5.41) is 0.633. The number of carbonyl (C=O) groups is 2. The monoisotopic (exact) mass is 330 g/mol. The van der Waals surface area contributed by atoms with Crippen molar-refractivity contribution in [2.24, 2.45) is 5.92 Å². The molecule has 0 aliphatic carbocycles. The molecule has 0 bridgehead atoms. The maximum atomic E-state index is 11.6. The van der Waals surface area contributed by atoms with Gasteiger partial charge in [0.05, 0.1) is 5.02 Å². The molecule has 1 aromatic rings. The minimum absolute atomic E-state index is 0.128. The van der Waals surface area contributed by atoms with Crippen LogP contribution in [0.5, 0.6) is 5.75 Å². The van der Waals surface area contributed by atoms with Gasteiger partial charge >= 0.3 is 11.9 Å². The van der Waals surface area contributed by atoms with Crippen LogP contribution in [0, 0.1) is 5.92 Å². The second-order valence-electron chi connectivity index (χ2n) is 4.72. The van der Waals surface area contributed by atoms with Crippen molar-refractivity contribution in [3.8, 4) is 5.75 Å². The van der Waals surface area contributed by atoms with E-state index in [-0.39, 0.29) is 22.8 Å². The smallest absolute Gasteiger partial charge is 0.336 e. The largest absolute Gasteiger partial charge is 0.459 e. The summed E-state index contributed by atoms with van der Waals surface area (Å²) >= 11 is 11.6. The molecule has 0 aliphatic rings. The van der Waals surface area contributed by atoms with Crippen molar-refractivity contribution in [3.63, 3.8) is 0 Å². The summed E-state index contributed by atoms with van der Waals surface area (Å²) in [5.41, 5.74) is 0. The predicted molar refractivity (Wildman–Crippen MR) is 81.6 cm³/mol. The van der Waals surface area contributed by atoms with E-state index in [4.69, 9.17) is 32.7 Å². The van der Waals surface area contributed by atoms with E-state index in [0.29, 0.717) is 5.02 Å². The Morgan fingerprint density at radius 1 is 1.10 bits per heavy atom. The molecule has 0 saturated carbocycles. The molecule has 114 valence electrons. The molecule has 1 rings (SSSR count). The summed E-state index contributed by atoms with van der Waals surface area (Å²) in [5.74, 6) is -1.03. The van der Waals surface area contributed by atoms with Gasteiger partial charge in [0.1, 0.15) is 6.10 Å². The lowest BCUT2D eigenvalue weighted by Gasteiger charge is -2.14. The Bertz CT molecular complexity index is 553. The van der Waals surface area contributed by atoms with Gasteiger partial charge in [-0.15, -0.1) is 0 Å². The zero-order chi connectivity index (χ0) is 16.0. The summed E-state index contributed by atoms with van der Waals surface area (Å²) in [6.07, 6.45) is 1.76. The van der Waals surface area contributed by atoms with E-state index in [1.54, 1.807) is 13.0 Å². The van der Waals surface area contributed by atoms with Crippen molar-refractivity contribution in [2.45, 2.75) is 26.9 Å². The normalized spacial score (nSPS) is 12.5. The molecular weight excluding hydrogens is 315 g/mol. The van der Waals surface area contributed by atoms with Crippen LogP contribution in [0.3, 0.4) is 0 Å². The Morgan fingerprint density at radius 3 is 2.33 bits per heavy atom. The number of hydrogen-bond donors (Lipinski definition) is 0. The van der Waals surface area contributed by atoms with Gasteiger partial charge in [-0.2, -0.15) is 0 Å². The van der Waals surface area contributed by atoms with Crippen LogP contribution < -0.4 is 4.74 Å². The Labute approximate surface area is 133 Å². The Morgan fingerprint density at radius 2 is 1.71 bits per heavy atom. The zero-order valence-corrected chi connectivity index (χ0v) is 13.4. The average Bonchev–Trinajstić information content (AvgIpc) is 2.40. The van der Waals surface area contributed by atoms with Gasteiger partial charge in [-0.25, -0.2) is 9.59 Å². The van der Waals surface area contributed by atoms with E-state index in [1.807, 2.05) is 13.8 Å². The van der Waals surface area contributed by atoms with Crippen molar-refractivity contribution in [1.82, 2.24) is 0 Å². The number of hydrogen-bond acceptors (Lipinski definition) is 4. The second kappa shape index (κ2) is 8.05. The van der Waals surface area contributed by atoms with E-state index in [9.17, 15) is 9.59 Å².